The molecular weight excluding hydrogens is 513 g/mol. The van der Waals surface area contributed by atoms with E-state index in [1.54, 1.807) is 5.57 Å². The van der Waals surface area contributed by atoms with Gasteiger partial charge in [-0.1, -0.05) is 74.0 Å². The first-order chi connectivity index (χ1) is 17.7. The fourth-order valence-corrected chi connectivity index (χ4v) is 11.8. The maximum atomic E-state index is 11.8. The predicted octanol–water partition coefficient (Wildman–Crippen LogP) is 9.79. The summed E-state index contributed by atoms with van der Waals surface area (Å²) in [6.07, 6.45) is 12.8. The van der Waals surface area contributed by atoms with Crippen LogP contribution in [0.5, 0.6) is 0 Å². The van der Waals surface area contributed by atoms with Crippen molar-refractivity contribution in [2.24, 2.45) is 40.4 Å². The van der Waals surface area contributed by atoms with E-state index >= 15 is 0 Å². The van der Waals surface area contributed by atoms with Crippen LogP contribution in [0.4, 0.5) is 0 Å². The largest absolute Gasteiger partial charge is 0.414 e. The van der Waals surface area contributed by atoms with Crippen molar-refractivity contribution in [1.29, 1.82) is 0 Å². The molecule has 3 fully saturated rings. The van der Waals surface area contributed by atoms with Crippen molar-refractivity contribution in [3.8, 4) is 0 Å². The lowest BCUT2D eigenvalue weighted by molar-refractivity contribution is -0.118. The zero-order chi connectivity index (χ0) is 29.4. The number of hydrogen-bond donors (Lipinski definition) is 0. The van der Waals surface area contributed by atoms with E-state index in [1.807, 2.05) is 0 Å². The molecule has 5 heteroatoms. The Morgan fingerprint density at radius 1 is 0.923 bits per heavy atom. The minimum absolute atomic E-state index is 0.0847. The third kappa shape index (κ3) is 5.27. The highest BCUT2D eigenvalue weighted by Gasteiger charge is 2.62. The van der Waals surface area contributed by atoms with E-state index < -0.39 is 16.6 Å². The Morgan fingerprint density at radius 3 is 2.08 bits per heavy atom. The number of aldehydes is 1. The summed E-state index contributed by atoms with van der Waals surface area (Å²) in [5.74, 6) is 2.84. The van der Waals surface area contributed by atoms with E-state index in [0.717, 1.165) is 18.8 Å². The molecule has 0 heterocycles. The van der Waals surface area contributed by atoms with Crippen molar-refractivity contribution < 1.29 is 13.6 Å². The van der Waals surface area contributed by atoms with E-state index in [0.29, 0.717) is 23.2 Å². The van der Waals surface area contributed by atoms with Gasteiger partial charge >= 0.3 is 0 Å². The molecule has 0 aromatic carbocycles. The molecule has 0 bridgehead atoms. The van der Waals surface area contributed by atoms with Gasteiger partial charge in [-0.2, -0.15) is 0 Å². The summed E-state index contributed by atoms with van der Waals surface area (Å²) in [5, 5.41) is 0.393. The van der Waals surface area contributed by atoms with Crippen LogP contribution < -0.4 is 0 Å². The average Bonchev–Trinajstić information content (AvgIpc) is 3.14. The maximum Gasteiger partial charge on any atom is 0.192 e. The number of carbonyl (C=O) groups excluding carboxylic acids is 1. The fraction of sp³-hybridized carbons (Fsp3) is 0.912. The lowest BCUT2D eigenvalue weighted by atomic mass is 9.46. The fourth-order valence-electron chi connectivity index (χ4n) is 9.04. The normalized spacial score (nSPS) is 40.3. The van der Waals surface area contributed by atoms with Gasteiger partial charge in [-0.05, 0) is 110 Å². The third-order valence-electron chi connectivity index (χ3n) is 13.6. The number of carbonyl (C=O) groups is 1. The van der Waals surface area contributed by atoms with Crippen LogP contribution in [0.1, 0.15) is 107 Å². The van der Waals surface area contributed by atoms with Crippen molar-refractivity contribution in [1.82, 2.24) is 0 Å². The Hall–Kier alpha value is -0.236. The van der Waals surface area contributed by atoms with Gasteiger partial charge in [0.15, 0.2) is 16.6 Å². The van der Waals surface area contributed by atoms with E-state index in [2.05, 4.69) is 94.6 Å². The van der Waals surface area contributed by atoms with E-state index in [1.165, 1.54) is 38.4 Å². The van der Waals surface area contributed by atoms with Gasteiger partial charge in [0.25, 0.3) is 0 Å². The molecule has 224 valence electrons. The topological polar surface area (TPSA) is 35.5 Å². The van der Waals surface area contributed by atoms with Crippen molar-refractivity contribution in [3.63, 3.8) is 0 Å². The first-order valence-electron chi connectivity index (χ1n) is 16.2. The predicted molar refractivity (Wildman–Crippen MR) is 170 cm³/mol. The first kappa shape index (κ1) is 31.7. The average molecular weight is 575 g/mol. The lowest BCUT2D eigenvalue weighted by Crippen LogP contribution is -2.60. The highest BCUT2D eigenvalue weighted by atomic mass is 28.4. The molecule has 9 atom stereocenters. The van der Waals surface area contributed by atoms with Gasteiger partial charge in [0.05, 0.1) is 12.2 Å². The maximum absolute atomic E-state index is 11.8. The number of hydrogen-bond acceptors (Lipinski definition) is 3. The molecule has 3 nitrogen and oxygen atoms in total. The summed E-state index contributed by atoms with van der Waals surface area (Å²) >= 11 is 0. The summed E-state index contributed by atoms with van der Waals surface area (Å²) in [4.78, 5) is 11.8. The van der Waals surface area contributed by atoms with E-state index in [-0.39, 0.29) is 33.6 Å². The molecule has 0 radical (unpaired) electrons. The second kappa shape index (κ2) is 10.2. The molecule has 0 aliphatic heterocycles. The van der Waals surface area contributed by atoms with Gasteiger partial charge in [-0.15, -0.1) is 0 Å². The third-order valence-corrected chi connectivity index (χ3v) is 22.6. The Balaban J connectivity index is 1.71. The molecule has 39 heavy (non-hydrogen) atoms. The second-order valence-electron chi connectivity index (χ2n) is 17.7. The van der Waals surface area contributed by atoms with Crippen LogP contribution in [-0.4, -0.2) is 35.1 Å². The molecule has 0 N–H and O–H groups in total. The molecule has 3 saturated carbocycles. The Bertz CT molecular complexity index is 956. The van der Waals surface area contributed by atoms with Gasteiger partial charge < -0.3 is 13.6 Å². The van der Waals surface area contributed by atoms with Crippen LogP contribution in [-0.2, 0) is 13.6 Å². The van der Waals surface area contributed by atoms with Crippen molar-refractivity contribution in [2.75, 3.05) is 0 Å². The van der Waals surface area contributed by atoms with Crippen LogP contribution in [0.15, 0.2) is 11.6 Å². The van der Waals surface area contributed by atoms with Crippen molar-refractivity contribution >= 4 is 22.9 Å². The number of allylic oxidation sites excluding steroid dienone is 1. The summed E-state index contributed by atoms with van der Waals surface area (Å²) in [7, 11) is -3.86. The van der Waals surface area contributed by atoms with Crippen LogP contribution in [0.2, 0.25) is 36.3 Å². The van der Waals surface area contributed by atoms with Gasteiger partial charge in [-0.3, -0.25) is 0 Å². The monoisotopic (exact) mass is 574 g/mol. The van der Waals surface area contributed by atoms with Gasteiger partial charge in [0, 0.05) is 11.3 Å². The molecule has 0 saturated heterocycles. The molecule has 0 aromatic rings. The Kier molecular flexibility index (Phi) is 8.28. The smallest absolute Gasteiger partial charge is 0.192 e. The highest BCUT2D eigenvalue weighted by Crippen LogP contribution is 2.67. The van der Waals surface area contributed by atoms with Crippen LogP contribution in [0.25, 0.3) is 0 Å². The molecule has 4 aliphatic rings. The summed E-state index contributed by atoms with van der Waals surface area (Å²) < 4.78 is 14.6. The number of rotatable bonds is 6. The lowest BCUT2D eigenvalue weighted by Gasteiger charge is -2.62. The molecule has 0 spiro atoms. The molecule has 0 unspecified atom stereocenters. The second-order valence-corrected chi connectivity index (χ2v) is 27.2. The SMILES string of the molecule is C[C@H](C=O)[C@H]1CC[C@H]2[C@@H]3CC=C4C[C@@H](O[Si](C)(C)C(C)(C)C)C[C@H](O[Si](C)(C)C(C)(C)C)[C@]4(C)[C@H]3CC[C@]12C. The minimum Gasteiger partial charge on any atom is -0.414 e. The van der Waals surface area contributed by atoms with Gasteiger partial charge in [0.1, 0.15) is 6.29 Å². The summed E-state index contributed by atoms with van der Waals surface area (Å²) in [6, 6.07) is 0. The van der Waals surface area contributed by atoms with Crippen LogP contribution in [0, 0.1) is 40.4 Å². The summed E-state index contributed by atoms with van der Waals surface area (Å²) in [5.41, 5.74) is 2.03. The van der Waals surface area contributed by atoms with Crippen LogP contribution in [0.3, 0.4) is 0 Å². The quantitative estimate of drug-likeness (QED) is 0.180. The summed E-state index contributed by atoms with van der Waals surface area (Å²) in [6.45, 7) is 31.2. The van der Waals surface area contributed by atoms with Crippen molar-refractivity contribution in [2.45, 2.75) is 156 Å². The Morgan fingerprint density at radius 2 is 1.51 bits per heavy atom. The van der Waals surface area contributed by atoms with Crippen molar-refractivity contribution in [3.05, 3.63) is 11.6 Å². The minimum atomic E-state index is -1.98. The highest BCUT2D eigenvalue weighted by molar-refractivity contribution is 6.74. The number of fused-ring (bicyclic) bond motifs is 5. The molecule has 0 amide bonds. The zero-order valence-corrected chi connectivity index (χ0v) is 29.9. The van der Waals surface area contributed by atoms with Gasteiger partial charge in [-0.25, -0.2) is 0 Å². The standard InChI is InChI=1S/C34H62O3Si2/c1-23(22-35)27-16-17-28-26-15-14-24-20-25(36-38(10,11)31(2,3)4)21-30(37-39(12,13)32(5,6)7)34(24,9)29(26)18-19-33(27,28)8/h14,22-23,25-30H,15-21H2,1-13H3/t23-,25-,26+,27-,28+,29+,30+,33-,34+/m1/s1. The van der Waals surface area contributed by atoms with Crippen LogP contribution >= 0.6 is 0 Å². The molecule has 4 aliphatic carbocycles. The molecule has 0 aromatic heterocycles. The zero-order valence-electron chi connectivity index (χ0n) is 27.9. The Labute approximate surface area is 243 Å². The molecular formula is C34H62O3Si2. The van der Waals surface area contributed by atoms with E-state index in [4.69, 9.17) is 8.85 Å². The first-order valence-corrected chi connectivity index (χ1v) is 22.0. The van der Waals surface area contributed by atoms with Gasteiger partial charge in [0.2, 0.25) is 0 Å². The molecule has 4 rings (SSSR count). The van der Waals surface area contributed by atoms with E-state index in [9.17, 15) is 4.79 Å².